The summed E-state index contributed by atoms with van der Waals surface area (Å²) in [4.78, 5) is 27.2. The number of carbonyl (C=O) groups excluding carboxylic acids is 2. The number of amides is 2. The van der Waals surface area contributed by atoms with Crippen LogP contribution in [0, 0.1) is 0 Å². The van der Waals surface area contributed by atoms with Crippen LogP contribution >= 0.6 is 11.6 Å². The van der Waals surface area contributed by atoms with Crippen LogP contribution in [-0.2, 0) is 22.6 Å². The highest BCUT2D eigenvalue weighted by atomic mass is 35.5. The van der Waals surface area contributed by atoms with Crippen LogP contribution in [0.4, 0.5) is 5.69 Å². The molecule has 0 spiro atoms. The number of anilines is 1. The number of carbonyl (C=O) groups is 2. The second-order valence-electron chi connectivity index (χ2n) is 7.82. The molecule has 0 aliphatic carbocycles. The standard InChI is InChI=1S/C23H29ClN4O2/c1-2-19-5-3-4-6-21(19)26-23(30)17-28-13-11-27(12-14-28)16-22(29)25-15-18-7-9-20(24)10-8-18/h3-10H,2,11-17H2,1H3,(H,25,29)(H,26,30)/p+2. The van der Waals surface area contributed by atoms with Crippen molar-refractivity contribution < 1.29 is 19.4 Å². The summed E-state index contributed by atoms with van der Waals surface area (Å²) < 4.78 is 0. The molecule has 2 amide bonds. The van der Waals surface area contributed by atoms with Crippen LogP contribution < -0.4 is 20.4 Å². The molecule has 1 saturated heterocycles. The Morgan fingerprint density at radius 2 is 1.50 bits per heavy atom. The number of halogens is 1. The van der Waals surface area contributed by atoms with Crippen LogP contribution in [0.1, 0.15) is 18.1 Å². The van der Waals surface area contributed by atoms with E-state index in [2.05, 4.69) is 17.6 Å². The van der Waals surface area contributed by atoms with Gasteiger partial charge >= 0.3 is 0 Å². The third-order valence-corrected chi connectivity index (χ3v) is 5.81. The summed E-state index contributed by atoms with van der Waals surface area (Å²) in [5, 5.41) is 6.72. The number of para-hydroxylation sites is 1. The molecule has 1 heterocycles. The molecule has 3 rings (SSSR count). The molecule has 7 heteroatoms. The molecule has 0 bridgehead atoms. The number of aryl methyl sites for hydroxylation is 1. The number of quaternary nitrogens is 2. The largest absolute Gasteiger partial charge is 0.347 e. The third-order valence-electron chi connectivity index (χ3n) is 5.56. The van der Waals surface area contributed by atoms with Crippen molar-refractivity contribution in [2.24, 2.45) is 0 Å². The highest BCUT2D eigenvalue weighted by Crippen LogP contribution is 2.14. The predicted molar refractivity (Wildman–Crippen MR) is 119 cm³/mol. The average Bonchev–Trinajstić information content (AvgIpc) is 2.75. The molecule has 0 atom stereocenters. The zero-order valence-corrected chi connectivity index (χ0v) is 18.2. The molecule has 0 saturated carbocycles. The fourth-order valence-electron chi connectivity index (χ4n) is 3.78. The summed E-state index contributed by atoms with van der Waals surface area (Å²) in [6.07, 6.45) is 0.894. The molecule has 2 aromatic carbocycles. The molecule has 4 N–H and O–H groups in total. The van der Waals surface area contributed by atoms with E-state index in [1.165, 1.54) is 9.80 Å². The van der Waals surface area contributed by atoms with E-state index in [0.29, 0.717) is 24.7 Å². The highest BCUT2D eigenvalue weighted by Gasteiger charge is 2.26. The normalized spacial score (nSPS) is 18.6. The second-order valence-corrected chi connectivity index (χ2v) is 8.25. The van der Waals surface area contributed by atoms with Gasteiger partial charge in [-0.25, -0.2) is 0 Å². The quantitative estimate of drug-likeness (QED) is 0.474. The van der Waals surface area contributed by atoms with Gasteiger partial charge in [0.1, 0.15) is 26.2 Å². The first kappa shape index (κ1) is 22.3. The summed E-state index contributed by atoms with van der Waals surface area (Å²) in [5.41, 5.74) is 3.10. The zero-order chi connectivity index (χ0) is 21.3. The van der Waals surface area contributed by atoms with Gasteiger partial charge in [0.05, 0.1) is 0 Å². The van der Waals surface area contributed by atoms with E-state index < -0.39 is 0 Å². The fraction of sp³-hybridized carbons (Fsp3) is 0.391. The summed E-state index contributed by atoms with van der Waals surface area (Å²) in [7, 11) is 0. The van der Waals surface area contributed by atoms with Gasteiger partial charge in [-0.3, -0.25) is 9.59 Å². The molecule has 1 aliphatic rings. The van der Waals surface area contributed by atoms with E-state index in [9.17, 15) is 9.59 Å². The number of hydrogen-bond acceptors (Lipinski definition) is 2. The Labute approximate surface area is 183 Å². The van der Waals surface area contributed by atoms with Gasteiger partial charge in [-0.2, -0.15) is 0 Å². The summed E-state index contributed by atoms with van der Waals surface area (Å²) >= 11 is 5.88. The molecule has 1 aliphatic heterocycles. The Kier molecular flexibility index (Phi) is 8.25. The van der Waals surface area contributed by atoms with Crippen molar-refractivity contribution in [1.29, 1.82) is 0 Å². The van der Waals surface area contributed by atoms with Crippen molar-refractivity contribution in [2.45, 2.75) is 19.9 Å². The smallest absolute Gasteiger partial charge is 0.279 e. The second kappa shape index (κ2) is 11.1. The van der Waals surface area contributed by atoms with Gasteiger partial charge in [-0.15, -0.1) is 0 Å². The average molecular weight is 431 g/mol. The topological polar surface area (TPSA) is 67.1 Å². The molecule has 0 unspecified atom stereocenters. The maximum absolute atomic E-state index is 12.4. The summed E-state index contributed by atoms with van der Waals surface area (Å²) in [5.74, 6) is 0.104. The Bertz CT molecular complexity index is 849. The molecule has 30 heavy (non-hydrogen) atoms. The number of piperazine rings is 1. The summed E-state index contributed by atoms with van der Waals surface area (Å²) in [6, 6.07) is 15.4. The molecular formula is C23H31ClN4O2+2. The van der Waals surface area contributed by atoms with Gasteiger partial charge in [0.25, 0.3) is 11.8 Å². The Morgan fingerprint density at radius 1 is 0.900 bits per heavy atom. The Hall–Kier alpha value is -2.41. The fourth-order valence-corrected chi connectivity index (χ4v) is 3.90. The van der Waals surface area contributed by atoms with Crippen LogP contribution in [0.2, 0.25) is 5.02 Å². The summed E-state index contributed by atoms with van der Waals surface area (Å²) in [6.45, 7) is 7.10. The molecule has 160 valence electrons. The first-order valence-corrected chi connectivity index (χ1v) is 11.0. The molecule has 2 aromatic rings. The lowest BCUT2D eigenvalue weighted by Gasteiger charge is -2.29. The van der Waals surface area contributed by atoms with Gasteiger partial charge in [-0.05, 0) is 35.7 Å². The van der Waals surface area contributed by atoms with Crippen molar-refractivity contribution in [3.05, 3.63) is 64.7 Å². The van der Waals surface area contributed by atoms with E-state index in [0.717, 1.165) is 49.4 Å². The van der Waals surface area contributed by atoms with Gasteiger partial charge in [0.2, 0.25) is 0 Å². The monoisotopic (exact) mass is 430 g/mol. The molecule has 0 aromatic heterocycles. The lowest BCUT2D eigenvalue weighted by molar-refractivity contribution is -1.00. The van der Waals surface area contributed by atoms with Gasteiger partial charge in [0, 0.05) is 17.3 Å². The van der Waals surface area contributed by atoms with Gasteiger partial charge < -0.3 is 20.4 Å². The minimum atomic E-state index is 0.0510. The van der Waals surface area contributed by atoms with E-state index in [-0.39, 0.29) is 11.8 Å². The first-order valence-electron chi connectivity index (χ1n) is 10.6. The molecular weight excluding hydrogens is 400 g/mol. The predicted octanol–water partition coefficient (Wildman–Crippen LogP) is -0.0593. The van der Waals surface area contributed by atoms with Crippen LogP contribution in [0.5, 0.6) is 0 Å². The van der Waals surface area contributed by atoms with E-state index in [1.807, 2.05) is 48.5 Å². The first-order chi connectivity index (χ1) is 14.5. The number of benzene rings is 2. The Morgan fingerprint density at radius 3 is 2.13 bits per heavy atom. The third kappa shape index (κ3) is 6.83. The molecule has 0 radical (unpaired) electrons. The van der Waals surface area contributed by atoms with Crippen molar-refractivity contribution in [1.82, 2.24) is 5.32 Å². The number of nitrogens with one attached hydrogen (secondary N) is 4. The lowest BCUT2D eigenvalue weighted by Crippen LogP contribution is -3.28. The van der Waals surface area contributed by atoms with Gasteiger partial charge in [0.15, 0.2) is 13.1 Å². The lowest BCUT2D eigenvalue weighted by atomic mass is 10.1. The maximum atomic E-state index is 12.4. The molecule has 6 nitrogen and oxygen atoms in total. The van der Waals surface area contributed by atoms with Crippen LogP contribution in [-0.4, -0.2) is 51.1 Å². The van der Waals surface area contributed by atoms with Crippen molar-refractivity contribution >= 4 is 29.1 Å². The zero-order valence-electron chi connectivity index (χ0n) is 17.5. The van der Waals surface area contributed by atoms with E-state index in [1.54, 1.807) is 0 Å². The van der Waals surface area contributed by atoms with Crippen molar-refractivity contribution in [3.63, 3.8) is 0 Å². The maximum Gasteiger partial charge on any atom is 0.279 e. The van der Waals surface area contributed by atoms with Crippen molar-refractivity contribution in [2.75, 3.05) is 44.6 Å². The minimum Gasteiger partial charge on any atom is -0.347 e. The van der Waals surface area contributed by atoms with Crippen LogP contribution in [0.15, 0.2) is 48.5 Å². The number of rotatable bonds is 8. The highest BCUT2D eigenvalue weighted by molar-refractivity contribution is 6.30. The SMILES string of the molecule is CCc1ccccc1NC(=O)C[NH+]1CC[NH+](CC(=O)NCc2ccc(Cl)cc2)CC1. The van der Waals surface area contributed by atoms with Crippen molar-refractivity contribution in [3.8, 4) is 0 Å². The van der Waals surface area contributed by atoms with E-state index >= 15 is 0 Å². The minimum absolute atomic E-state index is 0.0510. The van der Waals surface area contributed by atoms with E-state index in [4.69, 9.17) is 11.6 Å². The molecule has 1 fully saturated rings. The van der Waals surface area contributed by atoms with Gasteiger partial charge in [-0.1, -0.05) is 48.9 Å². The van der Waals surface area contributed by atoms with Crippen LogP contribution in [0.25, 0.3) is 0 Å². The number of hydrogen-bond donors (Lipinski definition) is 4. The van der Waals surface area contributed by atoms with Crippen LogP contribution in [0.3, 0.4) is 0 Å². The Balaban J connectivity index is 1.36.